The molecule has 85 valence electrons. The summed E-state index contributed by atoms with van der Waals surface area (Å²) in [6, 6.07) is 19.7. The van der Waals surface area contributed by atoms with Crippen molar-refractivity contribution in [3.63, 3.8) is 0 Å². The fourth-order valence-electron chi connectivity index (χ4n) is 1.12. The van der Waals surface area contributed by atoms with Crippen molar-refractivity contribution >= 4 is 31.8 Å². The third-order valence-electron chi connectivity index (χ3n) is 1.85. The highest BCUT2D eigenvalue weighted by Gasteiger charge is 1.99. The lowest BCUT2D eigenvalue weighted by Crippen LogP contribution is -1.92. The molecule has 2 aromatic rings. The molecule has 17 heavy (non-hydrogen) atoms. The molecule has 0 aromatic heterocycles. The largest absolute Gasteiger partial charge is 0.513 e. The van der Waals surface area contributed by atoms with Crippen LogP contribution in [-0.2, 0) is 8.20 Å². The number of hydrogen-bond acceptors (Lipinski definition) is 4. The van der Waals surface area contributed by atoms with E-state index in [4.69, 9.17) is 8.20 Å². The van der Waals surface area contributed by atoms with E-state index in [1.807, 2.05) is 60.7 Å². The molecular weight excluding hydrogens is 251 g/mol. The lowest BCUT2D eigenvalue weighted by molar-refractivity contribution is 0.546. The second-order valence-corrected chi connectivity index (χ2v) is 4.74. The molecule has 0 heterocycles. The predicted octanol–water partition coefficient (Wildman–Crippen LogP) is 3.97. The van der Waals surface area contributed by atoms with Crippen LogP contribution in [0.3, 0.4) is 0 Å². The lowest BCUT2D eigenvalue weighted by Gasteiger charge is -2.01. The van der Waals surface area contributed by atoms with Crippen molar-refractivity contribution in [2.24, 2.45) is 0 Å². The van der Waals surface area contributed by atoms with E-state index in [-0.39, 0.29) is 0 Å². The topological polar surface area (TPSA) is 18.5 Å². The van der Waals surface area contributed by atoms with Gasteiger partial charge in [0.05, 0.1) is 0 Å². The van der Waals surface area contributed by atoms with Crippen LogP contribution in [0, 0.1) is 0 Å². The Kier molecular flexibility index (Phi) is 5.51. The van der Waals surface area contributed by atoms with Crippen molar-refractivity contribution in [2.45, 2.75) is 9.79 Å². The van der Waals surface area contributed by atoms with Gasteiger partial charge >= 0.3 is 7.69 Å². The summed E-state index contributed by atoms with van der Waals surface area (Å²) < 4.78 is 10.4. The first-order chi connectivity index (χ1) is 8.45. The zero-order chi connectivity index (χ0) is 11.8. The van der Waals surface area contributed by atoms with Gasteiger partial charge in [-0.2, -0.15) is 0 Å². The van der Waals surface area contributed by atoms with Gasteiger partial charge in [-0.1, -0.05) is 36.4 Å². The lowest BCUT2D eigenvalue weighted by atomic mass is 10.4. The van der Waals surface area contributed by atoms with Crippen molar-refractivity contribution in [3.05, 3.63) is 60.7 Å². The van der Waals surface area contributed by atoms with Gasteiger partial charge in [0.25, 0.3) is 0 Å². The summed E-state index contributed by atoms with van der Waals surface area (Å²) in [6.45, 7) is 0. The van der Waals surface area contributed by atoms with Crippen LogP contribution in [0.5, 0.6) is 0 Å². The van der Waals surface area contributed by atoms with E-state index in [1.54, 1.807) is 0 Å². The van der Waals surface area contributed by atoms with Crippen molar-refractivity contribution in [1.82, 2.24) is 0 Å². The molecule has 0 aliphatic carbocycles. The van der Waals surface area contributed by atoms with Crippen molar-refractivity contribution in [1.29, 1.82) is 0 Å². The van der Waals surface area contributed by atoms with Crippen LogP contribution >= 0.6 is 24.1 Å². The minimum absolute atomic E-state index is 1.04. The summed E-state index contributed by atoms with van der Waals surface area (Å²) in [5.74, 6) is 0. The van der Waals surface area contributed by atoms with E-state index in [0.717, 1.165) is 9.79 Å². The molecule has 0 aliphatic heterocycles. The first-order valence-electron chi connectivity index (χ1n) is 5.03. The Labute approximate surface area is 110 Å². The van der Waals surface area contributed by atoms with Crippen LogP contribution in [0.15, 0.2) is 70.5 Å². The van der Waals surface area contributed by atoms with Crippen LogP contribution in [0.2, 0.25) is 0 Å². The molecule has 2 rings (SSSR count). The van der Waals surface area contributed by atoms with Gasteiger partial charge in [-0.15, -0.1) is 0 Å². The van der Waals surface area contributed by atoms with Gasteiger partial charge in [0.1, 0.15) is 0 Å². The van der Waals surface area contributed by atoms with Crippen LogP contribution in [0.4, 0.5) is 0 Å². The average molecular weight is 261 g/mol. The van der Waals surface area contributed by atoms with Crippen LogP contribution in [0.1, 0.15) is 0 Å². The molecule has 0 bridgehead atoms. The van der Waals surface area contributed by atoms with Gasteiger partial charge in [-0.3, -0.25) is 0 Å². The Morgan fingerprint density at radius 3 is 1.47 bits per heavy atom. The summed E-state index contributed by atoms with van der Waals surface area (Å²) in [5.41, 5.74) is 0. The third kappa shape index (κ3) is 4.87. The Balaban J connectivity index is 1.61. The van der Waals surface area contributed by atoms with E-state index in [1.165, 1.54) is 31.8 Å². The molecule has 0 saturated carbocycles. The van der Waals surface area contributed by atoms with Crippen LogP contribution in [-0.4, -0.2) is 7.69 Å². The van der Waals surface area contributed by atoms with Crippen molar-refractivity contribution < 1.29 is 8.20 Å². The molecule has 2 nitrogen and oxygen atoms in total. The van der Waals surface area contributed by atoms with Gasteiger partial charge in [0, 0.05) is 33.9 Å². The van der Waals surface area contributed by atoms with E-state index in [9.17, 15) is 0 Å². The van der Waals surface area contributed by atoms with Gasteiger partial charge in [-0.25, -0.2) is 0 Å². The fraction of sp³-hybridized carbons (Fsp3) is 0. The quantitative estimate of drug-likeness (QED) is 0.444. The van der Waals surface area contributed by atoms with E-state index in [0.29, 0.717) is 0 Å². The summed E-state index contributed by atoms with van der Waals surface area (Å²) in [7, 11) is 1.33. The zero-order valence-corrected chi connectivity index (χ0v) is 10.6. The highest BCUT2D eigenvalue weighted by atomic mass is 32.2. The maximum Gasteiger partial charge on any atom is 0.513 e. The normalized spacial score (nSPS) is 10.1. The maximum atomic E-state index is 5.19. The Morgan fingerprint density at radius 1 is 0.647 bits per heavy atom. The standard InChI is InChI=1S/C12H10BO2S2/c1-3-7-11(8-4-1)16-14-13-15-17-12-9-5-2-6-10-12/h1-10H. The minimum atomic E-state index is 1.04. The molecular formula is C12H10BO2S2. The molecule has 0 amide bonds. The predicted molar refractivity (Wildman–Crippen MR) is 72.5 cm³/mol. The molecule has 0 spiro atoms. The molecule has 0 fully saturated rings. The molecule has 1 radical (unpaired) electrons. The average Bonchev–Trinajstić information content (AvgIpc) is 2.41. The number of benzene rings is 2. The Hall–Kier alpha value is -0.875. The highest BCUT2D eigenvalue weighted by Crippen LogP contribution is 2.20. The minimum Gasteiger partial charge on any atom is -0.340 e. The number of rotatable bonds is 6. The Bertz CT molecular complexity index is 384. The van der Waals surface area contributed by atoms with Gasteiger partial charge < -0.3 is 8.20 Å². The Morgan fingerprint density at radius 2 is 1.06 bits per heavy atom. The summed E-state index contributed by atoms with van der Waals surface area (Å²) in [6.07, 6.45) is 0. The van der Waals surface area contributed by atoms with E-state index >= 15 is 0 Å². The molecule has 0 N–H and O–H groups in total. The molecule has 0 atom stereocenters. The zero-order valence-electron chi connectivity index (χ0n) is 8.98. The molecule has 0 unspecified atom stereocenters. The maximum absolute atomic E-state index is 5.19. The van der Waals surface area contributed by atoms with E-state index in [2.05, 4.69) is 0 Å². The fourth-order valence-corrected chi connectivity index (χ4v) is 2.08. The van der Waals surface area contributed by atoms with Gasteiger partial charge in [0.2, 0.25) is 0 Å². The summed E-state index contributed by atoms with van der Waals surface area (Å²) in [4.78, 5) is 2.08. The monoisotopic (exact) mass is 261 g/mol. The van der Waals surface area contributed by atoms with Crippen LogP contribution < -0.4 is 0 Å². The second kappa shape index (κ2) is 7.45. The van der Waals surface area contributed by atoms with Gasteiger partial charge in [0.15, 0.2) is 0 Å². The molecule has 0 aliphatic rings. The highest BCUT2D eigenvalue weighted by molar-refractivity contribution is 7.96. The molecule has 0 saturated heterocycles. The molecule has 5 heteroatoms. The first kappa shape index (κ1) is 12.6. The van der Waals surface area contributed by atoms with Crippen LogP contribution in [0.25, 0.3) is 0 Å². The third-order valence-corrected chi connectivity index (χ3v) is 3.13. The second-order valence-electron chi connectivity index (χ2n) is 3.08. The SMILES string of the molecule is [B](OSc1ccccc1)OSc1ccccc1. The number of hydrogen-bond donors (Lipinski definition) is 0. The smallest absolute Gasteiger partial charge is 0.340 e. The molecule has 2 aromatic carbocycles. The summed E-state index contributed by atoms with van der Waals surface area (Å²) in [5, 5.41) is 0. The summed E-state index contributed by atoms with van der Waals surface area (Å²) >= 11 is 2.52. The van der Waals surface area contributed by atoms with E-state index < -0.39 is 0 Å². The first-order valence-corrected chi connectivity index (χ1v) is 6.52. The van der Waals surface area contributed by atoms with Gasteiger partial charge in [-0.05, 0) is 24.3 Å². The van der Waals surface area contributed by atoms with Crippen molar-refractivity contribution in [3.8, 4) is 0 Å². The van der Waals surface area contributed by atoms with Crippen molar-refractivity contribution in [2.75, 3.05) is 0 Å².